The molecule has 0 radical (unpaired) electrons. The van der Waals surface area contributed by atoms with Gasteiger partial charge in [-0.2, -0.15) is 0 Å². The van der Waals surface area contributed by atoms with Crippen LogP contribution in [0.1, 0.15) is 55.8 Å². The molecule has 2 aromatic rings. The average Bonchev–Trinajstić information content (AvgIpc) is 2.85. The summed E-state index contributed by atoms with van der Waals surface area (Å²) in [4.78, 5) is 27.0. The number of nitrogens with zero attached hydrogens (tertiary/aromatic N) is 1. The van der Waals surface area contributed by atoms with Crippen molar-refractivity contribution in [2.24, 2.45) is 0 Å². The van der Waals surface area contributed by atoms with Crippen molar-refractivity contribution >= 4 is 23.2 Å². The van der Waals surface area contributed by atoms with Crippen LogP contribution in [0.15, 0.2) is 42.5 Å². The maximum Gasteiger partial charge on any atom is 0.241 e. The van der Waals surface area contributed by atoms with Gasteiger partial charge in [-0.15, -0.1) is 0 Å². The zero-order valence-electron chi connectivity index (χ0n) is 17.2. The van der Waals surface area contributed by atoms with Gasteiger partial charge in [0.2, 0.25) is 11.8 Å². The van der Waals surface area contributed by atoms with Gasteiger partial charge in [-0.05, 0) is 68.4 Å². The first-order chi connectivity index (χ1) is 14.0. The van der Waals surface area contributed by atoms with Crippen molar-refractivity contribution in [3.8, 4) is 0 Å². The van der Waals surface area contributed by atoms with Crippen LogP contribution >= 0.6 is 0 Å². The molecule has 2 atom stereocenters. The Labute approximate surface area is 172 Å². The standard InChI is InChI=1S/C24H29N3O2/c1-16-13-23(28)26-21-9-5-6-10-22(21)27(16)24(29)15-25-17(2)19-12-11-18-7-3-4-8-20(18)14-19/h5-6,9-12,14,16-17,25H,3-4,7-8,13,15H2,1-2H3,(H,26,28)/t16-,17+/m0/s1. The lowest BCUT2D eigenvalue weighted by Gasteiger charge is -2.28. The van der Waals surface area contributed by atoms with Crippen LogP contribution in [0.2, 0.25) is 0 Å². The van der Waals surface area contributed by atoms with E-state index in [9.17, 15) is 9.59 Å². The molecule has 5 heteroatoms. The lowest BCUT2D eigenvalue weighted by molar-refractivity contribution is -0.118. The Kier molecular flexibility index (Phi) is 5.67. The molecule has 1 aliphatic heterocycles. The molecule has 2 N–H and O–H groups in total. The number of aryl methyl sites for hydroxylation is 2. The van der Waals surface area contributed by atoms with Crippen molar-refractivity contribution in [3.05, 3.63) is 59.2 Å². The van der Waals surface area contributed by atoms with E-state index < -0.39 is 0 Å². The Morgan fingerprint density at radius 2 is 1.93 bits per heavy atom. The second-order valence-corrected chi connectivity index (χ2v) is 8.22. The molecule has 0 saturated heterocycles. The normalized spacial score (nSPS) is 19.6. The lowest BCUT2D eigenvalue weighted by Crippen LogP contribution is -2.44. The van der Waals surface area contributed by atoms with Gasteiger partial charge in [0.15, 0.2) is 0 Å². The second kappa shape index (κ2) is 8.37. The molecule has 29 heavy (non-hydrogen) atoms. The highest BCUT2D eigenvalue weighted by molar-refractivity contribution is 6.04. The van der Waals surface area contributed by atoms with Crippen molar-refractivity contribution in [2.45, 2.75) is 58.0 Å². The van der Waals surface area contributed by atoms with Crippen LogP contribution < -0.4 is 15.5 Å². The summed E-state index contributed by atoms with van der Waals surface area (Å²) in [6.07, 6.45) is 5.16. The molecule has 1 heterocycles. The summed E-state index contributed by atoms with van der Waals surface area (Å²) in [5.41, 5.74) is 5.60. The third-order valence-electron chi connectivity index (χ3n) is 6.06. The van der Waals surface area contributed by atoms with E-state index in [1.54, 1.807) is 4.90 Å². The fourth-order valence-electron chi connectivity index (χ4n) is 4.43. The molecule has 2 aliphatic rings. The summed E-state index contributed by atoms with van der Waals surface area (Å²) in [6, 6.07) is 14.1. The van der Waals surface area contributed by atoms with Gasteiger partial charge in [-0.25, -0.2) is 0 Å². The SMILES string of the molecule is C[C@@H](NCC(=O)N1c2ccccc2NC(=O)C[C@@H]1C)c1ccc2c(c1)CCCC2. The summed E-state index contributed by atoms with van der Waals surface area (Å²) in [6.45, 7) is 4.25. The van der Waals surface area contributed by atoms with Gasteiger partial charge in [-0.1, -0.05) is 30.3 Å². The molecule has 0 saturated carbocycles. The van der Waals surface area contributed by atoms with Crippen LogP contribution in [-0.4, -0.2) is 24.4 Å². The maximum atomic E-state index is 13.1. The van der Waals surface area contributed by atoms with Gasteiger partial charge < -0.3 is 15.5 Å². The minimum absolute atomic E-state index is 0.0220. The maximum absolute atomic E-state index is 13.1. The number of hydrogen-bond donors (Lipinski definition) is 2. The van der Waals surface area contributed by atoms with Crippen molar-refractivity contribution in [1.82, 2.24) is 5.32 Å². The summed E-state index contributed by atoms with van der Waals surface area (Å²) < 4.78 is 0. The van der Waals surface area contributed by atoms with E-state index >= 15 is 0 Å². The van der Waals surface area contributed by atoms with E-state index in [4.69, 9.17) is 0 Å². The number of anilines is 2. The summed E-state index contributed by atoms with van der Waals surface area (Å²) >= 11 is 0. The topological polar surface area (TPSA) is 61.4 Å². The minimum Gasteiger partial charge on any atom is -0.324 e. The van der Waals surface area contributed by atoms with E-state index in [0.717, 1.165) is 12.1 Å². The first kappa shape index (κ1) is 19.6. The van der Waals surface area contributed by atoms with Crippen LogP contribution in [0.5, 0.6) is 0 Å². The fourth-order valence-corrected chi connectivity index (χ4v) is 4.43. The third-order valence-corrected chi connectivity index (χ3v) is 6.06. The highest BCUT2D eigenvalue weighted by Crippen LogP contribution is 2.31. The second-order valence-electron chi connectivity index (χ2n) is 8.22. The number of benzene rings is 2. The molecule has 5 nitrogen and oxygen atoms in total. The number of carbonyl (C=O) groups excluding carboxylic acids is 2. The van der Waals surface area contributed by atoms with Crippen LogP contribution in [0.4, 0.5) is 11.4 Å². The Hall–Kier alpha value is -2.66. The van der Waals surface area contributed by atoms with Gasteiger partial charge in [0, 0.05) is 18.5 Å². The molecule has 152 valence electrons. The Bertz CT molecular complexity index is 924. The fraction of sp³-hybridized carbons (Fsp3) is 0.417. The van der Waals surface area contributed by atoms with E-state index in [2.05, 4.69) is 35.8 Å². The first-order valence-electron chi connectivity index (χ1n) is 10.6. The lowest BCUT2D eigenvalue weighted by atomic mass is 9.89. The van der Waals surface area contributed by atoms with E-state index in [1.807, 2.05) is 31.2 Å². The number of hydrogen-bond acceptors (Lipinski definition) is 3. The average molecular weight is 392 g/mol. The van der Waals surface area contributed by atoms with Crippen LogP contribution in [0.3, 0.4) is 0 Å². The number of para-hydroxylation sites is 2. The summed E-state index contributed by atoms with van der Waals surface area (Å²) in [5.74, 6) is -0.0816. The van der Waals surface area contributed by atoms with Crippen molar-refractivity contribution in [1.29, 1.82) is 0 Å². The van der Waals surface area contributed by atoms with Gasteiger partial charge in [0.05, 0.1) is 17.9 Å². The van der Waals surface area contributed by atoms with E-state index in [1.165, 1.54) is 36.0 Å². The predicted molar refractivity (Wildman–Crippen MR) is 116 cm³/mol. The predicted octanol–water partition coefficient (Wildman–Crippen LogP) is 3.98. The Morgan fingerprint density at radius 1 is 1.17 bits per heavy atom. The van der Waals surface area contributed by atoms with E-state index in [0.29, 0.717) is 12.1 Å². The molecule has 2 aromatic carbocycles. The van der Waals surface area contributed by atoms with Crippen molar-refractivity contribution in [2.75, 3.05) is 16.8 Å². The molecule has 1 aliphatic carbocycles. The molecule has 2 amide bonds. The number of fused-ring (bicyclic) bond motifs is 2. The highest BCUT2D eigenvalue weighted by Gasteiger charge is 2.29. The van der Waals surface area contributed by atoms with Gasteiger partial charge in [0.25, 0.3) is 0 Å². The minimum atomic E-state index is -0.188. The smallest absolute Gasteiger partial charge is 0.241 e. The largest absolute Gasteiger partial charge is 0.324 e. The van der Waals surface area contributed by atoms with Gasteiger partial charge in [-0.3, -0.25) is 9.59 Å². The zero-order valence-corrected chi connectivity index (χ0v) is 17.2. The summed E-state index contributed by atoms with van der Waals surface area (Å²) in [7, 11) is 0. The van der Waals surface area contributed by atoms with Crippen LogP contribution in [0, 0.1) is 0 Å². The number of nitrogens with one attached hydrogen (secondary N) is 2. The van der Waals surface area contributed by atoms with Crippen LogP contribution in [0.25, 0.3) is 0 Å². The molecular formula is C24H29N3O2. The monoisotopic (exact) mass is 391 g/mol. The molecule has 0 bridgehead atoms. The highest BCUT2D eigenvalue weighted by atomic mass is 16.2. The number of rotatable bonds is 4. The zero-order chi connectivity index (χ0) is 20.4. The molecule has 0 unspecified atom stereocenters. The molecule has 0 fully saturated rings. The molecule has 4 rings (SSSR count). The first-order valence-corrected chi connectivity index (χ1v) is 10.6. The van der Waals surface area contributed by atoms with Gasteiger partial charge in [0.1, 0.15) is 0 Å². The van der Waals surface area contributed by atoms with Crippen molar-refractivity contribution in [3.63, 3.8) is 0 Å². The van der Waals surface area contributed by atoms with Crippen LogP contribution in [-0.2, 0) is 22.4 Å². The Morgan fingerprint density at radius 3 is 2.76 bits per heavy atom. The number of amides is 2. The molecular weight excluding hydrogens is 362 g/mol. The third kappa shape index (κ3) is 4.20. The quantitative estimate of drug-likeness (QED) is 0.829. The van der Waals surface area contributed by atoms with E-state index in [-0.39, 0.29) is 30.4 Å². The van der Waals surface area contributed by atoms with Gasteiger partial charge >= 0.3 is 0 Å². The van der Waals surface area contributed by atoms with Crippen molar-refractivity contribution < 1.29 is 9.59 Å². The Balaban J connectivity index is 1.47. The molecule has 0 aromatic heterocycles. The number of carbonyl (C=O) groups is 2. The molecule has 0 spiro atoms. The summed E-state index contributed by atoms with van der Waals surface area (Å²) in [5, 5.41) is 6.29.